The van der Waals surface area contributed by atoms with Gasteiger partial charge in [0.2, 0.25) is 5.91 Å². The SMILES string of the molecule is CC(=O)Nc1c(SC(F)(F)F)c(C#N)c(Cl)n1-c1c(Cl)cc(C(F)(F)F)cc1Cl. The van der Waals surface area contributed by atoms with Crippen LogP contribution in [0.3, 0.4) is 0 Å². The van der Waals surface area contributed by atoms with Crippen molar-refractivity contribution in [2.24, 2.45) is 0 Å². The van der Waals surface area contributed by atoms with Crippen molar-refractivity contribution in [3.8, 4) is 11.8 Å². The molecule has 0 radical (unpaired) electrons. The molecule has 1 aromatic carbocycles. The topological polar surface area (TPSA) is 57.8 Å². The van der Waals surface area contributed by atoms with E-state index in [2.05, 4.69) is 5.32 Å². The van der Waals surface area contributed by atoms with Crippen molar-refractivity contribution in [1.29, 1.82) is 5.26 Å². The molecule has 1 aromatic heterocycles. The average molecular weight is 497 g/mol. The van der Waals surface area contributed by atoms with E-state index in [9.17, 15) is 36.4 Å². The van der Waals surface area contributed by atoms with Crippen molar-refractivity contribution >= 4 is 58.3 Å². The third-order valence-electron chi connectivity index (χ3n) is 3.26. The standard InChI is InChI=1S/C15H6Cl3F6N3OS/c1-5(28)26-13-11(29-15(22,23)24)7(4-25)12(18)27(13)10-8(16)2-6(3-9(10)17)14(19,20)21/h2-3H,1H3,(H,26,28). The molecule has 0 fully saturated rings. The zero-order chi connectivity index (χ0) is 22.3. The molecular weight excluding hydrogens is 491 g/mol. The fourth-order valence-corrected chi connectivity index (χ4v) is 4.00. The minimum absolute atomic E-state index is 0.444. The van der Waals surface area contributed by atoms with Crippen LogP contribution in [0.4, 0.5) is 32.2 Å². The Morgan fingerprint density at radius 3 is 2.03 bits per heavy atom. The van der Waals surface area contributed by atoms with Crippen LogP contribution < -0.4 is 5.32 Å². The summed E-state index contributed by atoms with van der Waals surface area (Å²) in [5.41, 5.74) is -7.21. The number of amides is 1. The van der Waals surface area contributed by atoms with E-state index in [0.29, 0.717) is 16.7 Å². The van der Waals surface area contributed by atoms with Gasteiger partial charge < -0.3 is 5.32 Å². The van der Waals surface area contributed by atoms with E-state index in [1.54, 1.807) is 0 Å². The van der Waals surface area contributed by atoms with Crippen molar-refractivity contribution in [1.82, 2.24) is 4.57 Å². The third kappa shape index (κ3) is 5.06. The third-order valence-corrected chi connectivity index (χ3v) is 5.03. The maximum Gasteiger partial charge on any atom is 0.446 e. The molecule has 0 atom stereocenters. The molecule has 0 saturated heterocycles. The molecule has 0 aliphatic rings. The predicted octanol–water partition coefficient (Wildman–Crippen LogP) is 6.90. The molecule has 0 aliphatic carbocycles. The number of carbonyl (C=O) groups excluding carboxylic acids is 1. The molecule has 1 amide bonds. The number of anilines is 1. The van der Waals surface area contributed by atoms with Crippen LogP contribution in [-0.4, -0.2) is 16.0 Å². The number of aromatic nitrogens is 1. The second-order valence-electron chi connectivity index (χ2n) is 5.31. The molecule has 1 heterocycles. The highest BCUT2D eigenvalue weighted by atomic mass is 35.5. The van der Waals surface area contributed by atoms with E-state index < -0.39 is 72.1 Å². The Kier molecular flexibility index (Phi) is 6.64. The molecule has 29 heavy (non-hydrogen) atoms. The maximum absolute atomic E-state index is 13.0. The van der Waals surface area contributed by atoms with Crippen LogP contribution in [0.25, 0.3) is 5.69 Å². The summed E-state index contributed by atoms with van der Waals surface area (Å²) in [5.74, 6) is -1.46. The molecule has 14 heteroatoms. The van der Waals surface area contributed by atoms with Gasteiger partial charge in [0.05, 0.1) is 26.2 Å². The molecule has 0 spiro atoms. The van der Waals surface area contributed by atoms with Gasteiger partial charge in [-0.1, -0.05) is 34.8 Å². The Hall–Kier alpha value is -1.74. The van der Waals surface area contributed by atoms with E-state index in [1.165, 1.54) is 6.07 Å². The number of nitriles is 1. The zero-order valence-electron chi connectivity index (χ0n) is 13.8. The number of alkyl halides is 6. The summed E-state index contributed by atoms with van der Waals surface area (Å²) < 4.78 is 78.4. The van der Waals surface area contributed by atoms with Gasteiger partial charge in [0, 0.05) is 6.92 Å². The highest BCUT2D eigenvalue weighted by Crippen LogP contribution is 2.49. The van der Waals surface area contributed by atoms with E-state index in [0.717, 1.165) is 6.92 Å². The molecule has 0 unspecified atom stereocenters. The van der Waals surface area contributed by atoms with Gasteiger partial charge in [0.1, 0.15) is 22.6 Å². The Morgan fingerprint density at radius 1 is 1.14 bits per heavy atom. The second kappa shape index (κ2) is 8.18. The van der Waals surface area contributed by atoms with E-state index in [1.807, 2.05) is 0 Å². The van der Waals surface area contributed by atoms with Crippen LogP contribution in [-0.2, 0) is 11.0 Å². The second-order valence-corrected chi connectivity index (χ2v) is 7.55. The van der Waals surface area contributed by atoms with Crippen molar-refractivity contribution in [3.05, 3.63) is 38.5 Å². The first-order chi connectivity index (χ1) is 13.2. The largest absolute Gasteiger partial charge is 0.446 e. The first-order valence-electron chi connectivity index (χ1n) is 7.11. The van der Waals surface area contributed by atoms with Crippen LogP contribution in [0.5, 0.6) is 0 Å². The number of hydrogen-bond acceptors (Lipinski definition) is 3. The van der Waals surface area contributed by atoms with Crippen LogP contribution in [0, 0.1) is 11.3 Å². The van der Waals surface area contributed by atoms with Gasteiger partial charge in [-0.05, 0) is 23.9 Å². The highest BCUT2D eigenvalue weighted by Gasteiger charge is 2.37. The number of thioether (sulfide) groups is 1. The summed E-state index contributed by atoms with van der Waals surface area (Å²) in [4.78, 5) is 10.8. The molecule has 156 valence electrons. The number of rotatable bonds is 3. The van der Waals surface area contributed by atoms with E-state index in [-0.39, 0.29) is 0 Å². The van der Waals surface area contributed by atoms with Crippen LogP contribution in [0.15, 0.2) is 17.0 Å². The minimum Gasteiger partial charge on any atom is -0.311 e. The van der Waals surface area contributed by atoms with Crippen LogP contribution in [0.2, 0.25) is 15.2 Å². The first-order valence-corrected chi connectivity index (χ1v) is 9.06. The molecule has 4 nitrogen and oxygen atoms in total. The number of nitrogens with zero attached hydrogens (tertiary/aromatic N) is 2. The van der Waals surface area contributed by atoms with Crippen molar-refractivity contribution < 1.29 is 31.1 Å². The quantitative estimate of drug-likeness (QED) is 0.371. The lowest BCUT2D eigenvalue weighted by molar-refractivity contribution is -0.137. The van der Waals surface area contributed by atoms with Gasteiger partial charge in [-0.25, -0.2) is 0 Å². The lowest BCUT2D eigenvalue weighted by atomic mass is 10.2. The highest BCUT2D eigenvalue weighted by molar-refractivity contribution is 8.00. The monoisotopic (exact) mass is 495 g/mol. The molecule has 1 N–H and O–H groups in total. The first kappa shape index (κ1) is 23.5. The Labute approximate surface area is 178 Å². The normalized spacial score (nSPS) is 12.0. The zero-order valence-corrected chi connectivity index (χ0v) is 16.9. The number of hydrogen-bond donors (Lipinski definition) is 1. The summed E-state index contributed by atoms with van der Waals surface area (Å²) in [7, 11) is 0. The average Bonchev–Trinajstić information content (AvgIpc) is 2.76. The van der Waals surface area contributed by atoms with Gasteiger partial charge in [0.25, 0.3) is 0 Å². The summed E-state index contributed by atoms with van der Waals surface area (Å²) in [5, 5.41) is 9.45. The fraction of sp³-hybridized carbons (Fsp3) is 0.200. The molecule has 2 rings (SSSR count). The molecule has 0 bridgehead atoms. The van der Waals surface area contributed by atoms with Gasteiger partial charge in [-0.2, -0.15) is 31.6 Å². The number of halogens is 9. The fourth-order valence-electron chi connectivity index (χ4n) is 2.27. The molecular formula is C15H6Cl3F6N3OS. The lowest BCUT2D eigenvalue weighted by Crippen LogP contribution is -2.13. The summed E-state index contributed by atoms with van der Waals surface area (Å²) in [6.07, 6.45) is -4.80. The molecule has 2 aromatic rings. The van der Waals surface area contributed by atoms with Crippen molar-refractivity contribution in [3.63, 3.8) is 0 Å². The Bertz CT molecular complexity index is 1000. The van der Waals surface area contributed by atoms with Gasteiger partial charge in [-0.3, -0.25) is 9.36 Å². The number of nitrogens with one attached hydrogen (secondary N) is 1. The molecule has 0 aliphatic heterocycles. The van der Waals surface area contributed by atoms with Gasteiger partial charge in [0.15, 0.2) is 0 Å². The maximum atomic E-state index is 13.0. The van der Waals surface area contributed by atoms with Crippen molar-refractivity contribution in [2.45, 2.75) is 23.5 Å². The number of benzene rings is 1. The van der Waals surface area contributed by atoms with E-state index >= 15 is 0 Å². The minimum atomic E-state index is -4.87. The molecule has 0 saturated carbocycles. The summed E-state index contributed by atoms with van der Waals surface area (Å²) in [6.45, 7) is 0.968. The predicted molar refractivity (Wildman–Crippen MR) is 96.7 cm³/mol. The smallest absolute Gasteiger partial charge is 0.311 e. The van der Waals surface area contributed by atoms with Crippen LogP contribution >= 0.6 is 46.6 Å². The number of carbonyl (C=O) groups is 1. The lowest BCUT2D eigenvalue weighted by Gasteiger charge is -2.17. The van der Waals surface area contributed by atoms with Crippen LogP contribution in [0.1, 0.15) is 18.1 Å². The van der Waals surface area contributed by atoms with Gasteiger partial charge in [-0.15, -0.1) is 0 Å². The van der Waals surface area contributed by atoms with E-state index in [4.69, 9.17) is 34.8 Å². The van der Waals surface area contributed by atoms with Gasteiger partial charge >= 0.3 is 11.7 Å². The summed E-state index contributed by atoms with van der Waals surface area (Å²) >= 11 is 17.1. The summed E-state index contributed by atoms with van der Waals surface area (Å²) in [6, 6.07) is 2.44. The Balaban J connectivity index is 2.89. The van der Waals surface area contributed by atoms with Crippen molar-refractivity contribution in [2.75, 3.05) is 5.32 Å². The Morgan fingerprint density at radius 2 is 1.66 bits per heavy atom.